The first-order valence-electron chi connectivity index (χ1n) is 4.86. The highest BCUT2D eigenvalue weighted by Crippen LogP contribution is 2.02. The van der Waals surface area contributed by atoms with E-state index in [1.54, 1.807) is 0 Å². The van der Waals surface area contributed by atoms with E-state index in [1.165, 1.54) is 13.8 Å². The molecular formula is C9H19N3O2. The van der Waals surface area contributed by atoms with Gasteiger partial charge in [0.25, 0.3) is 5.91 Å². The quantitative estimate of drug-likeness (QED) is 0.604. The number of hydrogen-bond donors (Lipinski definition) is 2. The van der Waals surface area contributed by atoms with Crippen molar-refractivity contribution in [1.29, 1.82) is 0 Å². The highest BCUT2D eigenvalue weighted by atomic mass is 16.3. The Hall–Kier alpha value is -0.650. The molecule has 1 heterocycles. The van der Waals surface area contributed by atoms with E-state index in [1.807, 2.05) is 5.01 Å². The molecule has 0 radical (unpaired) electrons. The molecule has 0 aliphatic carbocycles. The zero-order chi connectivity index (χ0) is 10.8. The van der Waals surface area contributed by atoms with E-state index in [4.69, 9.17) is 0 Å². The van der Waals surface area contributed by atoms with Gasteiger partial charge in [-0.25, -0.2) is 5.01 Å². The molecule has 1 aliphatic rings. The number of rotatable bonds is 2. The smallest absolute Gasteiger partial charge is 0.265 e. The largest absolute Gasteiger partial charge is 0.381 e. The summed E-state index contributed by atoms with van der Waals surface area (Å²) in [6.07, 6.45) is 0. The van der Waals surface area contributed by atoms with Crippen LogP contribution in [0.3, 0.4) is 0 Å². The Kier molecular flexibility index (Phi) is 3.47. The second kappa shape index (κ2) is 4.25. The summed E-state index contributed by atoms with van der Waals surface area (Å²) < 4.78 is 0. The molecule has 5 nitrogen and oxygen atoms in total. The molecule has 0 aromatic carbocycles. The molecule has 1 rings (SSSR count). The van der Waals surface area contributed by atoms with E-state index in [9.17, 15) is 9.90 Å². The maximum atomic E-state index is 11.4. The van der Waals surface area contributed by atoms with Crippen molar-refractivity contribution in [1.82, 2.24) is 15.3 Å². The van der Waals surface area contributed by atoms with Crippen molar-refractivity contribution < 1.29 is 9.90 Å². The summed E-state index contributed by atoms with van der Waals surface area (Å²) in [6, 6.07) is 0. The fraction of sp³-hybridized carbons (Fsp3) is 0.889. The van der Waals surface area contributed by atoms with Crippen LogP contribution in [0.2, 0.25) is 0 Å². The number of carbonyl (C=O) groups is 1. The van der Waals surface area contributed by atoms with Crippen LogP contribution in [0, 0.1) is 0 Å². The normalized spacial score (nSPS) is 20.9. The van der Waals surface area contributed by atoms with E-state index in [0.717, 1.165) is 26.2 Å². The van der Waals surface area contributed by atoms with Gasteiger partial charge >= 0.3 is 0 Å². The van der Waals surface area contributed by atoms with Crippen molar-refractivity contribution in [3.63, 3.8) is 0 Å². The van der Waals surface area contributed by atoms with Gasteiger partial charge in [-0.05, 0) is 20.9 Å². The Morgan fingerprint density at radius 2 is 1.79 bits per heavy atom. The molecule has 0 spiro atoms. The number of piperazine rings is 1. The first-order valence-corrected chi connectivity index (χ1v) is 4.86. The van der Waals surface area contributed by atoms with Crippen molar-refractivity contribution in [3.8, 4) is 0 Å². The number of hydrogen-bond acceptors (Lipinski definition) is 4. The van der Waals surface area contributed by atoms with Gasteiger partial charge in [0.05, 0.1) is 0 Å². The molecule has 1 fully saturated rings. The minimum absolute atomic E-state index is 0.345. The van der Waals surface area contributed by atoms with Crippen molar-refractivity contribution in [3.05, 3.63) is 0 Å². The van der Waals surface area contributed by atoms with Crippen molar-refractivity contribution in [2.24, 2.45) is 0 Å². The molecule has 0 aromatic heterocycles. The molecule has 1 aliphatic heterocycles. The number of amides is 1. The number of aliphatic hydroxyl groups is 1. The predicted molar refractivity (Wildman–Crippen MR) is 53.5 cm³/mol. The third kappa shape index (κ3) is 3.25. The standard InChI is InChI=1S/C9H19N3O2/c1-9(2,14)8(13)10-12-6-4-11(3)5-7-12/h14H,4-7H2,1-3H3,(H,10,13). The molecule has 0 unspecified atom stereocenters. The Bertz CT molecular complexity index is 205. The van der Waals surface area contributed by atoms with Gasteiger partial charge in [0.2, 0.25) is 0 Å². The van der Waals surface area contributed by atoms with E-state index in [2.05, 4.69) is 17.4 Å². The van der Waals surface area contributed by atoms with Gasteiger partial charge in [0, 0.05) is 26.2 Å². The van der Waals surface area contributed by atoms with Gasteiger partial charge in [-0.1, -0.05) is 0 Å². The molecule has 0 atom stereocenters. The highest BCUT2D eigenvalue weighted by Gasteiger charge is 2.26. The summed E-state index contributed by atoms with van der Waals surface area (Å²) in [7, 11) is 2.05. The third-order valence-corrected chi connectivity index (χ3v) is 2.32. The third-order valence-electron chi connectivity index (χ3n) is 2.32. The summed E-state index contributed by atoms with van der Waals surface area (Å²) in [6.45, 7) is 6.45. The Balaban J connectivity index is 2.35. The van der Waals surface area contributed by atoms with E-state index >= 15 is 0 Å². The molecule has 82 valence electrons. The van der Waals surface area contributed by atoms with Gasteiger partial charge in [0.1, 0.15) is 5.60 Å². The van der Waals surface area contributed by atoms with Crippen molar-refractivity contribution in [2.75, 3.05) is 33.2 Å². The molecule has 14 heavy (non-hydrogen) atoms. The van der Waals surface area contributed by atoms with Crippen LogP contribution in [0.15, 0.2) is 0 Å². The average molecular weight is 201 g/mol. The summed E-state index contributed by atoms with van der Waals surface area (Å²) >= 11 is 0. The molecule has 0 bridgehead atoms. The predicted octanol–water partition coefficient (Wildman–Crippen LogP) is -0.964. The molecule has 1 saturated heterocycles. The van der Waals surface area contributed by atoms with Gasteiger partial charge in [-0.3, -0.25) is 10.2 Å². The SMILES string of the molecule is CN1CCN(NC(=O)C(C)(C)O)CC1. The van der Waals surface area contributed by atoms with Crippen LogP contribution in [0.1, 0.15) is 13.8 Å². The van der Waals surface area contributed by atoms with Crippen LogP contribution >= 0.6 is 0 Å². The summed E-state index contributed by atoms with van der Waals surface area (Å²) in [5.41, 5.74) is 1.39. The number of likely N-dealkylation sites (N-methyl/N-ethyl adjacent to an activating group) is 1. The van der Waals surface area contributed by atoms with Crippen LogP contribution in [-0.2, 0) is 4.79 Å². The van der Waals surface area contributed by atoms with Crippen LogP contribution in [-0.4, -0.2) is 59.8 Å². The van der Waals surface area contributed by atoms with Gasteiger partial charge in [-0.2, -0.15) is 0 Å². The highest BCUT2D eigenvalue weighted by molar-refractivity contribution is 5.83. The van der Waals surface area contributed by atoms with Gasteiger partial charge in [0.15, 0.2) is 0 Å². The zero-order valence-electron chi connectivity index (χ0n) is 9.08. The summed E-state index contributed by atoms with van der Waals surface area (Å²) in [5.74, 6) is -0.345. The molecule has 0 saturated carbocycles. The fourth-order valence-electron chi connectivity index (χ4n) is 1.20. The lowest BCUT2D eigenvalue weighted by atomic mass is 10.1. The lowest BCUT2D eigenvalue weighted by Gasteiger charge is -2.33. The van der Waals surface area contributed by atoms with E-state index < -0.39 is 5.60 Å². The van der Waals surface area contributed by atoms with Crippen LogP contribution in [0.4, 0.5) is 0 Å². The monoisotopic (exact) mass is 201 g/mol. The zero-order valence-corrected chi connectivity index (χ0v) is 9.08. The molecule has 0 aromatic rings. The lowest BCUT2D eigenvalue weighted by molar-refractivity contribution is -0.142. The fourth-order valence-corrected chi connectivity index (χ4v) is 1.20. The first-order chi connectivity index (χ1) is 6.39. The topological polar surface area (TPSA) is 55.8 Å². The van der Waals surface area contributed by atoms with E-state index in [-0.39, 0.29) is 5.91 Å². The second-order valence-corrected chi connectivity index (χ2v) is 4.29. The number of nitrogens with one attached hydrogen (secondary N) is 1. The first kappa shape index (κ1) is 11.4. The van der Waals surface area contributed by atoms with Crippen LogP contribution < -0.4 is 5.43 Å². The van der Waals surface area contributed by atoms with Crippen LogP contribution in [0.25, 0.3) is 0 Å². The second-order valence-electron chi connectivity index (χ2n) is 4.29. The van der Waals surface area contributed by atoms with E-state index in [0.29, 0.717) is 0 Å². The van der Waals surface area contributed by atoms with Crippen molar-refractivity contribution in [2.45, 2.75) is 19.4 Å². The molecule has 1 amide bonds. The minimum atomic E-state index is -1.30. The lowest BCUT2D eigenvalue weighted by Crippen LogP contribution is -2.56. The average Bonchev–Trinajstić information content (AvgIpc) is 2.07. The number of hydrazine groups is 1. The molecule has 5 heteroatoms. The molecule has 2 N–H and O–H groups in total. The van der Waals surface area contributed by atoms with Gasteiger partial charge in [-0.15, -0.1) is 0 Å². The van der Waals surface area contributed by atoms with Crippen molar-refractivity contribution >= 4 is 5.91 Å². The maximum Gasteiger partial charge on any atom is 0.265 e. The number of nitrogens with zero attached hydrogens (tertiary/aromatic N) is 2. The minimum Gasteiger partial charge on any atom is -0.381 e. The molecular weight excluding hydrogens is 182 g/mol. The summed E-state index contributed by atoms with van der Waals surface area (Å²) in [4.78, 5) is 13.6. The van der Waals surface area contributed by atoms with Gasteiger partial charge < -0.3 is 10.0 Å². The Morgan fingerprint density at radius 3 is 2.21 bits per heavy atom. The summed E-state index contributed by atoms with van der Waals surface area (Å²) in [5, 5.41) is 11.3. The number of carbonyl (C=O) groups excluding carboxylic acids is 1. The van der Waals surface area contributed by atoms with Crippen LogP contribution in [0.5, 0.6) is 0 Å². The Labute approximate surface area is 84.6 Å². The Morgan fingerprint density at radius 1 is 1.29 bits per heavy atom. The maximum absolute atomic E-state index is 11.4.